The Bertz CT molecular complexity index is 681. The predicted molar refractivity (Wildman–Crippen MR) is 71.5 cm³/mol. The van der Waals surface area contributed by atoms with Crippen LogP contribution in [0, 0.1) is 11.9 Å². The van der Waals surface area contributed by atoms with Crippen molar-refractivity contribution in [2.24, 2.45) is 10.9 Å². The van der Waals surface area contributed by atoms with Gasteiger partial charge in [0.25, 0.3) is 0 Å². The summed E-state index contributed by atoms with van der Waals surface area (Å²) in [6.07, 6.45) is 1.18. The minimum absolute atomic E-state index is 0.140. The smallest absolute Gasteiger partial charge is 0.334 e. The van der Waals surface area contributed by atoms with Crippen molar-refractivity contribution in [3.63, 3.8) is 0 Å². The summed E-state index contributed by atoms with van der Waals surface area (Å²) < 4.78 is 13.3. The minimum Gasteiger partial charge on any atom is -0.481 e. The molecule has 2 rings (SSSR count). The van der Waals surface area contributed by atoms with E-state index in [1.165, 1.54) is 26.1 Å². The highest BCUT2D eigenvalue weighted by atomic mass is 19.1. The molecular weight excluding hydrogens is 279 g/mol. The van der Waals surface area contributed by atoms with Gasteiger partial charge in [-0.1, -0.05) is 0 Å². The first-order valence-electron chi connectivity index (χ1n) is 6.16. The van der Waals surface area contributed by atoms with E-state index in [9.17, 15) is 24.2 Å². The summed E-state index contributed by atoms with van der Waals surface area (Å²) in [5.41, 5.74) is 0.617. The fraction of sp³-hybridized carbons (Fsp3) is 0.286. The number of carboxylic acids is 2. The lowest BCUT2D eigenvalue weighted by Gasteiger charge is -2.29. The first kappa shape index (κ1) is 14.8. The monoisotopic (exact) mass is 292 g/mol. The van der Waals surface area contributed by atoms with Crippen LogP contribution in [0.2, 0.25) is 0 Å². The lowest BCUT2D eigenvalue weighted by atomic mass is 9.76. The standard InChI is InChI=1S/C14H13FN2O4/c1-6-10(13(18)19)12(8-3-4-16-9(15)5-8)11(14(20)21)7(2)17-6/h3-5,10,12H,1-2H3,(H,18,19)(H,20,21). The molecule has 0 aromatic carbocycles. The fourth-order valence-electron chi connectivity index (χ4n) is 2.61. The lowest BCUT2D eigenvalue weighted by Crippen LogP contribution is -2.34. The Morgan fingerprint density at radius 2 is 1.95 bits per heavy atom. The maximum atomic E-state index is 13.3. The van der Waals surface area contributed by atoms with E-state index >= 15 is 0 Å². The number of hydrogen-bond acceptors (Lipinski definition) is 4. The zero-order chi connectivity index (χ0) is 15.7. The second-order valence-corrected chi connectivity index (χ2v) is 4.76. The molecule has 0 spiro atoms. The van der Waals surface area contributed by atoms with Gasteiger partial charge >= 0.3 is 11.9 Å². The summed E-state index contributed by atoms with van der Waals surface area (Å²) in [5, 5.41) is 18.8. The van der Waals surface area contributed by atoms with E-state index in [4.69, 9.17) is 0 Å². The van der Waals surface area contributed by atoms with Gasteiger partial charge < -0.3 is 10.2 Å². The second-order valence-electron chi connectivity index (χ2n) is 4.76. The number of halogens is 1. The topological polar surface area (TPSA) is 99.9 Å². The molecule has 0 aliphatic carbocycles. The fourth-order valence-corrected chi connectivity index (χ4v) is 2.61. The van der Waals surface area contributed by atoms with Crippen LogP contribution in [0.5, 0.6) is 0 Å². The number of carboxylic acid groups (broad SMARTS) is 2. The number of carbonyl (C=O) groups is 2. The summed E-state index contributed by atoms with van der Waals surface area (Å²) in [7, 11) is 0. The highest BCUT2D eigenvalue weighted by molar-refractivity contribution is 6.06. The van der Waals surface area contributed by atoms with E-state index in [2.05, 4.69) is 9.98 Å². The van der Waals surface area contributed by atoms with E-state index in [-0.39, 0.29) is 22.5 Å². The molecule has 2 heterocycles. The molecule has 0 radical (unpaired) electrons. The van der Waals surface area contributed by atoms with Crippen molar-refractivity contribution >= 4 is 17.7 Å². The molecule has 0 bridgehead atoms. The third kappa shape index (κ3) is 2.67. The highest BCUT2D eigenvalue weighted by Crippen LogP contribution is 2.38. The zero-order valence-corrected chi connectivity index (χ0v) is 11.4. The van der Waals surface area contributed by atoms with Gasteiger partial charge in [-0.3, -0.25) is 9.79 Å². The van der Waals surface area contributed by atoms with Gasteiger partial charge in [0, 0.05) is 23.5 Å². The first-order valence-corrected chi connectivity index (χ1v) is 6.16. The largest absolute Gasteiger partial charge is 0.481 e. The van der Waals surface area contributed by atoms with Crippen molar-refractivity contribution in [1.29, 1.82) is 0 Å². The van der Waals surface area contributed by atoms with E-state index < -0.39 is 29.7 Å². The molecule has 0 amide bonds. The highest BCUT2D eigenvalue weighted by Gasteiger charge is 2.41. The quantitative estimate of drug-likeness (QED) is 0.828. The predicted octanol–water partition coefficient (Wildman–Crippen LogP) is 1.84. The van der Waals surface area contributed by atoms with Gasteiger partial charge in [-0.05, 0) is 31.5 Å². The molecule has 0 saturated heterocycles. The average molecular weight is 292 g/mol. The molecule has 110 valence electrons. The zero-order valence-electron chi connectivity index (χ0n) is 11.4. The molecule has 21 heavy (non-hydrogen) atoms. The Balaban J connectivity index is 2.68. The maximum absolute atomic E-state index is 13.3. The van der Waals surface area contributed by atoms with Crippen molar-refractivity contribution < 1.29 is 24.2 Å². The Labute approximate surface area is 119 Å². The number of allylic oxidation sites excluding steroid dienone is 1. The molecule has 0 fully saturated rings. The summed E-state index contributed by atoms with van der Waals surface area (Å²) in [5.74, 6) is -5.42. The van der Waals surface area contributed by atoms with Crippen LogP contribution in [0.1, 0.15) is 25.3 Å². The second kappa shape index (κ2) is 5.43. The van der Waals surface area contributed by atoms with Crippen molar-refractivity contribution in [2.75, 3.05) is 0 Å². The van der Waals surface area contributed by atoms with Crippen LogP contribution in [0.15, 0.2) is 34.6 Å². The first-order chi connectivity index (χ1) is 9.82. The summed E-state index contributed by atoms with van der Waals surface area (Å²) in [6, 6.07) is 2.47. The molecule has 2 N–H and O–H groups in total. The number of aromatic nitrogens is 1. The van der Waals surface area contributed by atoms with E-state index in [0.29, 0.717) is 0 Å². The molecule has 7 heteroatoms. The Kier molecular flexibility index (Phi) is 3.84. The van der Waals surface area contributed by atoms with Gasteiger partial charge in [0.15, 0.2) is 0 Å². The third-order valence-electron chi connectivity index (χ3n) is 3.43. The maximum Gasteiger partial charge on any atom is 0.334 e. The van der Waals surface area contributed by atoms with Crippen LogP contribution >= 0.6 is 0 Å². The molecule has 1 aromatic rings. The number of aliphatic carboxylic acids is 2. The SMILES string of the molecule is CC1=NC(C)=C(C(=O)O)C(c2ccnc(F)c2)C1C(=O)O. The number of hydrogen-bond donors (Lipinski definition) is 2. The van der Waals surface area contributed by atoms with Crippen molar-refractivity contribution in [2.45, 2.75) is 19.8 Å². The summed E-state index contributed by atoms with van der Waals surface area (Å²) in [4.78, 5) is 30.4. The van der Waals surface area contributed by atoms with Gasteiger partial charge in [0.05, 0.1) is 5.57 Å². The normalized spacial score (nSPS) is 22.0. The van der Waals surface area contributed by atoms with Gasteiger partial charge in [0.1, 0.15) is 5.92 Å². The molecule has 2 atom stereocenters. The van der Waals surface area contributed by atoms with Crippen LogP contribution in [0.4, 0.5) is 4.39 Å². The van der Waals surface area contributed by atoms with Crippen LogP contribution in [0.25, 0.3) is 0 Å². The van der Waals surface area contributed by atoms with E-state index in [1.54, 1.807) is 0 Å². The van der Waals surface area contributed by atoms with Gasteiger partial charge in [-0.25, -0.2) is 9.78 Å². The number of rotatable bonds is 3. The summed E-state index contributed by atoms with van der Waals surface area (Å²) >= 11 is 0. The molecule has 6 nitrogen and oxygen atoms in total. The molecule has 1 aliphatic heterocycles. The van der Waals surface area contributed by atoms with Crippen molar-refractivity contribution in [3.8, 4) is 0 Å². The van der Waals surface area contributed by atoms with Crippen molar-refractivity contribution in [1.82, 2.24) is 4.98 Å². The average Bonchev–Trinajstić information content (AvgIpc) is 2.36. The van der Waals surface area contributed by atoms with Gasteiger partial charge in [-0.15, -0.1) is 0 Å². The van der Waals surface area contributed by atoms with Crippen LogP contribution in [-0.4, -0.2) is 32.8 Å². The summed E-state index contributed by atoms with van der Waals surface area (Å²) in [6.45, 7) is 3.01. The number of nitrogens with zero attached hydrogens (tertiary/aromatic N) is 2. The Hall–Kier alpha value is -2.57. The molecule has 0 saturated carbocycles. The minimum atomic E-state index is -1.27. The van der Waals surface area contributed by atoms with Crippen LogP contribution in [0.3, 0.4) is 0 Å². The Morgan fingerprint density at radius 3 is 2.48 bits per heavy atom. The lowest BCUT2D eigenvalue weighted by molar-refractivity contribution is -0.140. The van der Waals surface area contributed by atoms with Crippen LogP contribution < -0.4 is 0 Å². The van der Waals surface area contributed by atoms with Gasteiger partial charge in [-0.2, -0.15) is 4.39 Å². The molecular formula is C14H13FN2O4. The number of pyridine rings is 1. The van der Waals surface area contributed by atoms with E-state index in [0.717, 1.165) is 6.07 Å². The molecule has 2 unspecified atom stereocenters. The number of aliphatic imine (C=N–C) groups is 1. The Morgan fingerprint density at radius 1 is 1.29 bits per heavy atom. The van der Waals surface area contributed by atoms with Gasteiger partial charge in [0.2, 0.25) is 5.95 Å². The van der Waals surface area contributed by atoms with Crippen molar-refractivity contribution in [3.05, 3.63) is 41.1 Å². The van der Waals surface area contributed by atoms with Crippen LogP contribution in [-0.2, 0) is 9.59 Å². The third-order valence-corrected chi connectivity index (χ3v) is 3.43. The molecule has 1 aliphatic rings. The molecule has 1 aromatic heterocycles. The van der Waals surface area contributed by atoms with E-state index in [1.807, 2.05) is 0 Å².